The van der Waals surface area contributed by atoms with Crippen molar-refractivity contribution in [3.63, 3.8) is 0 Å². The number of benzene rings is 2. The number of carbonyl (C=O) groups is 1. The van der Waals surface area contributed by atoms with Gasteiger partial charge in [-0.25, -0.2) is 4.79 Å². The van der Waals surface area contributed by atoms with Crippen molar-refractivity contribution in [3.8, 4) is 5.75 Å². The van der Waals surface area contributed by atoms with Gasteiger partial charge < -0.3 is 14.5 Å². The molecule has 1 aromatic heterocycles. The molecular weight excluding hydrogens is 400 g/mol. The maximum atomic E-state index is 12.9. The predicted molar refractivity (Wildman–Crippen MR) is 119 cm³/mol. The van der Waals surface area contributed by atoms with Crippen molar-refractivity contribution < 1.29 is 14.3 Å². The number of hydrogen-bond acceptors (Lipinski definition) is 3. The summed E-state index contributed by atoms with van der Waals surface area (Å²) in [5.41, 5.74) is 4.22. The van der Waals surface area contributed by atoms with Gasteiger partial charge in [0.05, 0.1) is 6.61 Å². The lowest BCUT2D eigenvalue weighted by molar-refractivity contribution is 0.0889. The number of aromatic amines is 1. The van der Waals surface area contributed by atoms with Crippen molar-refractivity contribution in [2.75, 3.05) is 19.8 Å². The third-order valence-corrected chi connectivity index (χ3v) is 5.55. The van der Waals surface area contributed by atoms with Crippen molar-refractivity contribution in [2.24, 2.45) is 0 Å². The molecule has 2 heterocycles. The fourth-order valence-corrected chi connectivity index (χ4v) is 4.15. The van der Waals surface area contributed by atoms with Gasteiger partial charge in [0, 0.05) is 28.2 Å². The van der Waals surface area contributed by atoms with Crippen LogP contribution in [-0.2, 0) is 11.2 Å². The number of rotatable bonds is 6. The zero-order chi connectivity index (χ0) is 21.1. The van der Waals surface area contributed by atoms with Crippen molar-refractivity contribution >= 4 is 28.6 Å². The Morgan fingerprint density at radius 1 is 1.30 bits per heavy atom. The normalized spacial score (nSPS) is 15.7. The lowest BCUT2D eigenvalue weighted by atomic mass is 9.92. The van der Waals surface area contributed by atoms with Crippen molar-refractivity contribution in [1.82, 2.24) is 9.88 Å². The standard InChI is InChI=1S/C24H25ClN2O3/c1-3-13-29-18-8-5-16(6-9-18)23-22-19(11-12-27(23)24(28)30-14-4-2)20-15-17(25)7-10-21(20)26-22/h3,5-10,15,23,26H,1,4,11-14H2,2H3. The van der Waals surface area contributed by atoms with Crippen LogP contribution >= 0.6 is 11.6 Å². The molecule has 0 saturated heterocycles. The van der Waals surface area contributed by atoms with Gasteiger partial charge in [-0.3, -0.25) is 4.90 Å². The van der Waals surface area contributed by atoms with Crippen LogP contribution in [0.3, 0.4) is 0 Å². The Morgan fingerprint density at radius 2 is 2.10 bits per heavy atom. The number of nitrogens with zero attached hydrogens (tertiary/aromatic N) is 1. The number of ether oxygens (including phenoxy) is 2. The Bertz CT molecular complexity index is 1060. The summed E-state index contributed by atoms with van der Waals surface area (Å²) in [6.07, 6.45) is 2.95. The fraction of sp³-hybridized carbons (Fsp3) is 0.292. The molecule has 2 aromatic carbocycles. The molecule has 0 aliphatic carbocycles. The highest BCUT2D eigenvalue weighted by atomic mass is 35.5. The molecule has 0 fully saturated rings. The second-order valence-corrected chi connectivity index (χ2v) is 7.77. The average molecular weight is 425 g/mol. The van der Waals surface area contributed by atoms with Gasteiger partial charge in [0.25, 0.3) is 0 Å². The first-order valence-electron chi connectivity index (χ1n) is 10.2. The van der Waals surface area contributed by atoms with E-state index in [2.05, 4.69) is 11.6 Å². The maximum absolute atomic E-state index is 12.9. The van der Waals surface area contributed by atoms with Gasteiger partial charge in [0.15, 0.2) is 0 Å². The molecule has 0 radical (unpaired) electrons. The topological polar surface area (TPSA) is 54.6 Å². The summed E-state index contributed by atoms with van der Waals surface area (Å²) in [5.74, 6) is 0.762. The Hall–Kier alpha value is -2.92. The molecule has 3 aromatic rings. The lowest BCUT2D eigenvalue weighted by Gasteiger charge is -2.35. The molecule has 30 heavy (non-hydrogen) atoms. The van der Waals surface area contributed by atoms with E-state index in [1.54, 1.807) is 11.0 Å². The number of carbonyl (C=O) groups excluding carboxylic acids is 1. The van der Waals surface area contributed by atoms with Crippen molar-refractivity contribution in [2.45, 2.75) is 25.8 Å². The molecule has 1 aliphatic rings. The summed E-state index contributed by atoms with van der Waals surface area (Å²) in [7, 11) is 0. The zero-order valence-corrected chi connectivity index (χ0v) is 17.7. The van der Waals surface area contributed by atoms with Crippen LogP contribution in [0.2, 0.25) is 5.02 Å². The van der Waals surface area contributed by atoms with Crippen LogP contribution in [0.25, 0.3) is 10.9 Å². The van der Waals surface area contributed by atoms with Crippen molar-refractivity contribution in [1.29, 1.82) is 0 Å². The molecule has 1 unspecified atom stereocenters. The number of amides is 1. The summed E-state index contributed by atoms with van der Waals surface area (Å²) >= 11 is 6.25. The first kappa shape index (κ1) is 20.4. The third kappa shape index (κ3) is 3.90. The summed E-state index contributed by atoms with van der Waals surface area (Å²) in [6.45, 7) is 7.10. The van der Waals surface area contributed by atoms with Gasteiger partial charge in [-0.15, -0.1) is 0 Å². The van der Waals surface area contributed by atoms with Gasteiger partial charge in [0.1, 0.15) is 18.4 Å². The highest BCUT2D eigenvalue weighted by Crippen LogP contribution is 2.39. The molecule has 156 valence electrons. The van der Waals surface area contributed by atoms with Gasteiger partial charge in [0.2, 0.25) is 0 Å². The minimum Gasteiger partial charge on any atom is -0.490 e. The monoisotopic (exact) mass is 424 g/mol. The average Bonchev–Trinajstić information content (AvgIpc) is 3.13. The maximum Gasteiger partial charge on any atom is 0.410 e. The summed E-state index contributed by atoms with van der Waals surface area (Å²) in [4.78, 5) is 18.2. The van der Waals surface area contributed by atoms with Gasteiger partial charge in [-0.05, 0) is 54.3 Å². The van der Waals surface area contributed by atoms with E-state index in [9.17, 15) is 4.79 Å². The first-order valence-corrected chi connectivity index (χ1v) is 10.6. The van der Waals surface area contributed by atoms with Crippen LogP contribution in [0.15, 0.2) is 55.1 Å². The Balaban J connectivity index is 1.76. The third-order valence-electron chi connectivity index (χ3n) is 5.32. The second-order valence-electron chi connectivity index (χ2n) is 7.34. The Labute approximate surface area is 181 Å². The van der Waals surface area contributed by atoms with E-state index < -0.39 is 0 Å². The lowest BCUT2D eigenvalue weighted by Crippen LogP contribution is -2.41. The molecule has 4 rings (SSSR count). The summed E-state index contributed by atoms with van der Waals surface area (Å²) < 4.78 is 11.1. The molecular formula is C24H25ClN2O3. The van der Waals surface area contributed by atoms with Crippen LogP contribution in [0.5, 0.6) is 5.75 Å². The number of nitrogens with one attached hydrogen (secondary N) is 1. The number of aromatic nitrogens is 1. The number of halogens is 1. The minimum atomic E-state index is -0.295. The predicted octanol–water partition coefficient (Wildman–Crippen LogP) is 5.88. The van der Waals surface area contributed by atoms with Gasteiger partial charge in [-0.1, -0.05) is 43.3 Å². The largest absolute Gasteiger partial charge is 0.490 e. The zero-order valence-electron chi connectivity index (χ0n) is 17.0. The molecule has 1 atom stereocenters. The van der Waals surface area contributed by atoms with E-state index in [0.717, 1.165) is 40.8 Å². The van der Waals surface area contributed by atoms with E-state index in [1.165, 1.54) is 5.56 Å². The van der Waals surface area contributed by atoms with Crippen LogP contribution in [-0.4, -0.2) is 35.7 Å². The molecule has 0 bridgehead atoms. The molecule has 0 spiro atoms. The first-order chi connectivity index (χ1) is 14.6. The number of hydrogen-bond donors (Lipinski definition) is 1. The van der Waals surface area contributed by atoms with E-state index in [4.69, 9.17) is 21.1 Å². The summed E-state index contributed by atoms with van der Waals surface area (Å²) in [6, 6.07) is 13.4. The van der Waals surface area contributed by atoms with Gasteiger partial charge in [-0.2, -0.15) is 0 Å². The Morgan fingerprint density at radius 3 is 2.83 bits per heavy atom. The molecule has 1 amide bonds. The van der Waals surface area contributed by atoms with E-state index in [1.807, 2.05) is 49.4 Å². The smallest absolute Gasteiger partial charge is 0.410 e. The Kier molecular flexibility index (Phi) is 6.00. The highest BCUT2D eigenvalue weighted by Gasteiger charge is 2.35. The molecule has 0 saturated carbocycles. The summed E-state index contributed by atoms with van der Waals surface area (Å²) in [5, 5.41) is 1.81. The van der Waals surface area contributed by atoms with Crippen LogP contribution < -0.4 is 4.74 Å². The molecule has 1 aliphatic heterocycles. The van der Waals surface area contributed by atoms with Crippen molar-refractivity contribution in [3.05, 3.63) is 77.0 Å². The van der Waals surface area contributed by atoms with Crippen LogP contribution in [0, 0.1) is 0 Å². The minimum absolute atomic E-state index is 0.266. The highest BCUT2D eigenvalue weighted by molar-refractivity contribution is 6.31. The van der Waals surface area contributed by atoms with Crippen LogP contribution in [0.1, 0.15) is 36.2 Å². The van der Waals surface area contributed by atoms with E-state index >= 15 is 0 Å². The fourth-order valence-electron chi connectivity index (χ4n) is 3.98. The van der Waals surface area contributed by atoms with E-state index in [-0.39, 0.29) is 12.1 Å². The number of H-pyrrole nitrogens is 1. The quantitative estimate of drug-likeness (QED) is 0.502. The van der Waals surface area contributed by atoms with Crippen LogP contribution in [0.4, 0.5) is 4.79 Å². The van der Waals surface area contributed by atoms with Gasteiger partial charge >= 0.3 is 6.09 Å². The molecule has 6 heteroatoms. The second kappa shape index (κ2) is 8.84. The SMILES string of the molecule is C=CCOc1ccc(C2c3[nH]c4ccc(Cl)cc4c3CCN2C(=O)OCCC)cc1. The number of fused-ring (bicyclic) bond motifs is 3. The molecule has 5 nitrogen and oxygen atoms in total. The molecule has 1 N–H and O–H groups in total. The van der Waals surface area contributed by atoms with E-state index in [0.29, 0.717) is 24.8 Å².